The molecule has 1 unspecified atom stereocenters. The van der Waals surface area contributed by atoms with Crippen LogP contribution < -0.4 is 0 Å². The largest absolute Gasteiger partial charge is 0.394 e. The second-order valence-electron chi connectivity index (χ2n) is 19.7. The Balaban J connectivity index is 1.21. The predicted molar refractivity (Wildman–Crippen MR) is 261 cm³/mol. The van der Waals surface area contributed by atoms with Crippen molar-refractivity contribution < 1.29 is 149 Å². The van der Waals surface area contributed by atoms with Crippen LogP contribution >= 0.6 is 0 Å². The molecule has 470 valence electrons. The molecule has 6 heterocycles. The van der Waals surface area contributed by atoms with E-state index in [0.29, 0.717) is 0 Å². The number of rotatable bonds is 29. The molecule has 6 rings (SSSR count). The molecule has 6 aliphatic heterocycles. The first-order valence-corrected chi connectivity index (χ1v) is 26.1. The van der Waals surface area contributed by atoms with E-state index in [0.717, 1.165) is 0 Å². The third-order valence-corrected chi connectivity index (χ3v) is 15.2. The van der Waals surface area contributed by atoms with Crippen molar-refractivity contribution in [3.05, 3.63) is 0 Å². The summed E-state index contributed by atoms with van der Waals surface area (Å²) in [6.45, 7) is -1.73. The molecule has 0 radical (unpaired) electrons. The lowest BCUT2D eigenvalue weighted by Crippen LogP contribution is -2.69. The first kappa shape index (κ1) is 67.9. The monoisotopic (exact) mass is 1170 g/mol. The van der Waals surface area contributed by atoms with Gasteiger partial charge in [0.15, 0.2) is 37.7 Å². The van der Waals surface area contributed by atoms with Crippen molar-refractivity contribution in [3.8, 4) is 0 Å². The zero-order chi connectivity index (χ0) is 58.5. The number of methoxy groups -OCH3 is 13. The fourth-order valence-corrected chi connectivity index (χ4v) is 11.2. The Bertz CT molecular complexity index is 1730. The fraction of sp³-hybridized carbons (Fsp3) is 1.00. The molecule has 30 atom stereocenters. The maximum atomic E-state index is 11.5. The number of aliphatic hydroxyl groups is 7. The van der Waals surface area contributed by atoms with Crippen LogP contribution in [-0.2, 0) is 114 Å². The van der Waals surface area contributed by atoms with Gasteiger partial charge in [-0.1, -0.05) is 0 Å². The van der Waals surface area contributed by atoms with Crippen LogP contribution in [0.25, 0.3) is 0 Å². The Labute approximate surface area is 465 Å². The molecule has 6 saturated heterocycles. The number of ether oxygens (including phenoxy) is 24. The number of aliphatic hydroxyl groups excluding tert-OH is 7. The summed E-state index contributed by atoms with van der Waals surface area (Å²) in [4.78, 5) is 0. The van der Waals surface area contributed by atoms with Crippen LogP contribution in [0.3, 0.4) is 0 Å². The zero-order valence-corrected chi connectivity index (χ0v) is 47.5. The SMILES string of the molecule is COC[C@@H]1O[C@H](O[C@H]2[C@H](OC)[C@@H](OC)[C@H](O[C@H]3[C@H](OC)[C@@H](OC)C(OC)O[C@@H]3COC)O[C@@H]2COC)[C@@H](OC)[C@H](OC)[C@H]1O[C@@H]1O[C@H](COC)[C@@H](O[C@H]2O[C@@H](CO)[C@H](O[C@@H]3O[C@H](CO)[C@@H](O)[C@H](O)[C@H]3O)[C@@H](O)[C@@H]2O)[C@H](OC)[C@H]1OC. The van der Waals surface area contributed by atoms with Crippen molar-refractivity contribution in [2.45, 2.75) is 184 Å². The van der Waals surface area contributed by atoms with Crippen LogP contribution in [0.1, 0.15) is 0 Å². The molecule has 0 bridgehead atoms. The van der Waals surface area contributed by atoms with Crippen LogP contribution in [-0.4, -0.2) is 352 Å². The Morgan fingerprint density at radius 3 is 0.800 bits per heavy atom. The van der Waals surface area contributed by atoms with E-state index < -0.39 is 197 Å². The molecular weight excluding hydrogens is 1080 g/mol. The summed E-state index contributed by atoms with van der Waals surface area (Å²) in [7, 11) is 19.0. The van der Waals surface area contributed by atoms with Gasteiger partial charge in [-0.2, -0.15) is 0 Å². The van der Waals surface area contributed by atoms with Gasteiger partial charge < -0.3 is 149 Å². The minimum Gasteiger partial charge on any atom is -0.394 e. The highest BCUT2D eigenvalue weighted by Gasteiger charge is 2.59. The molecule has 0 aromatic carbocycles. The van der Waals surface area contributed by atoms with Crippen molar-refractivity contribution in [3.63, 3.8) is 0 Å². The third kappa shape index (κ3) is 14.8. The van der Waals surface area contributed by atoms with E-state index in [1.54, 1.807) is 0 Å². The average molecular weight is 1170 g/mol. The number of hydrogen-bond donors (Lipinski definition) is 7. The summed E-state index contributed by atoms with van der Waals surface area (Å²) in [6.07, 6.45) is -36.7. The highest BCUT2D eigenvalue weighted by Crippen LogP contribution is 2.40. The summed E-state index contributed by atoms with van der Waals surface area (Å²) in [5, 5.41) is 74.2. The molecule has 0 aromatic rings. The maximum Gasteiger partial charge on any atom is 0.187 e. The molecule has 0 saturated carbocycles. The third-order valence-electron chi connectivity index (χ3n) is 15.2. The summed E-state index contributed by atoms with van der Waals surface area (Å²) in [5.74, 6) is 0. The number of hydrogen-bond acceptors (Lipinski definition) is 31. The van der Waals surface area contributed by atoms with E-state index in [1.807, 2.05) is 0 Å². The van der Waals surface area contributed by atoms with Gasteiger partial charge in [-0.15, -0.1) is 0 Å². The zero-order valence-electron chi connectivity index (χ0n) is 47.5. The average Bonchev–Trinajstić information content (AvgIpc) is 3.46. The first-order chi connectivity index (χ1) is 38.6. The highest BCUT2D eigenvalue weighted by molar-refractivity contribution is 5.02. The van der Waals surface area contributed by atoms with Gasteiger partial charge >= 0.3 is 0 Å². The van der Waals surface area contributed by atoms with Gasteiger partial charge in [0.05, 0.1) is 39.6 Å². The normalized spacial score (nSPS) is 46.6. The van der Waals surface area contributed by atoms with Crippen molar-refractivity contribution in [2.24, 2.45) is 0 Å². The quantitative estimate of drug-likeness (QED) is 0.0367. The summed E-state index contributed by atoms with van der Waals surface area (Å²) in [5.41, 5.74) is 0. The molecule has 31 heteroatoms. The molecular formula is C49H88O31. The van der Waals surface area contributed by atoms with Crippen LogP contribution in [0, 0.1) is 0 Å². The minimum atomic E-state index is -1.90. The molecule has 7 N–H and O–H groups in total. The van der Waals surface area contributed by atoms with Crippen LogP contribution in [0.15, 0.2) is 0 Å². The minimum absolute atomic E-state index is 0.0186. The lowest BCUT2D eigenvalue weighted by Gasteiger charge is -2.52. The van der Waals surface area contributed by atoms with Crippen LogP contribution in [0.4, 0.5) is 0 Å². The molecule has 0 aliphatic carbocycles. The second-order valence-corrected chi connectivity index (χ2v) is 19.7. The Hall–Kier alpha value is -1.24. The van der Waals surface area contributed by atoms with E-state index in [4.69, 9.17) is 114 Å². The molecule has 0 spiro atoms. The van der Waals surface area contributed by atoms with Gasteiger partial charge in [-0.25, -0.2) is 0 Å². The van der Waals surface area contributed by atoms with E-state index >= 15 is 0 Å². The van der Waals surface area contributed by atoms with E-state index in [1.165, 1.54) is 92.4 Å². The Kier molecular flexibility index (Phi) is 27.6. The van der Waals surface area contributed by atoms with Gasteiger partial charge in [-0.3, -0.25) is 0 Å². The van der Waals surface area contributed by atoms with Crippen molar-refractivity contribution in [1.29, 1.82) is 0 Å². The molecule has 80 heavy (non-hydrogen) atoms. The fourth-order valence-electron chi connectivity index (χ4n) is 11.2. The predicted octanol–water partition coefficient (Wildman–Crippen LogP) is -5.60. The standard InChI is InChI=1S/C49H88O31/c1-57-16-22-33(36(61-5)40(65-9)46(69-13)72-22)78-48-42(67-11)38(63-7)35(24(74-48)18-59-3)80-49-43(68-12)39(64-8)34(25(75-49)19-60-4)79-47-41(66-10)37(62-6)32(23(73-47)17-58-2)77-45-30(56)28(54)31(21(15-51)71-45)76-44-29(55)27(53)26(52)20(14-50)70-44/h20-56H,14-19H2,1-13H3/t20-,21+,22-,23-,24-,25+,26-,27+,28+,29-,30+,31+,32-,33-,34+,35-,36+,37+,38+,39-,40-,41-,42-,43+,44+,45-,46?,47+,48+,49-/m1/s1. The van der Waals surface area contributed by atoms with E-state index in [2.05, 4.69) is 0 Å². The molecule has 6 fully saturated rings. The summed E-state index contributed by atoms with van der Waals surface area (Å²) < 4.78 is 146. The topological polar surface area (TPSA) is 363 Å². The van der Waals surface area contributed by atoms with E-state index in [9.17, 15) is 35.7 Å². The highest BCUT2D eigenvalue weighted by atomic mass is 16.8. The molecule has 0 amide bonds. The van der Waals surface area contributed by atoms with Crippen molar-refractivity contribution in [2.75, 3.05) is 132 Å². The Morgan fingerprint density at radius 1 is 0.237 bits per heavy atom. The van der Waals surface area contributed by atoms with Gasteiger partial charge in [0.2, 0.25) is 0 Å². The smallest absolute Gasteiger partial charge is 0.187 e. The molecule has 0 aromatic heterocycles. The van der Waals surface area contributed by atoms with Gasteiger partial charge in [0, 0.05) is 92.4 Å². The van der Waals surface area contributed by atoms with Gasteiger partial charge in [0.25, 0.3) is 0 Å². The van der Waals surface area contributed by atoms with Crippen LogP contribution in [0.5, 0.6) is 0 Å². The maximum absolute atomic E-state index is 11.5. The summed E-state index contributed by atoms with van der Waals surface area (Å²) in [6, 6.07) is 0. The van der Waals surface area contributed by atoms with Gasteiger partial charge in [-0.05, 0) is 0 Å². The van der Waals surface area contributed by atoms with Gasteiger partial charge in [0.1, 0.15) is 146 Å². The van der Waals surface area contributed by atoms with Crippen LogP contribution in [0.2, 0.25) is 0 Å². The summed E-state index contributed by atoms with van der Waals surface area (Å²) >= 11 is 0. The van der Waals surface area contributed by atoms with E-state index in [-0.39, 0.29) is 26.4 Å². The lowest BCUT2D eigenvalue weighted by molar-refractivity contribution is -0.401. The second kappa shape index (κ2) is 32.5. The Morgan fingerprint density at radius 2 is 0.500 bits per heavy atom. The van der Waals surface area contributed by atoms with Crippen molar-refractivity contribution >= 4 is 0 Å². The first-order valence-electron chi connectivity index (χ1n) is 26.1. The van der Waals surface area contributed by atoms with Crippen molar-refractivity contribution in [1.82, 2.24) is 0 Å². The lowest BCUT2D eigenvalue weighted by atomic mass is 9.94. The molecule has 6 aliphatic rings. The molecule has 31 nitrogen and oxygen atoms in total.